The quantitative estimate of drug-likeness (QED) is 0.541. The van der Waals surface area contributed by atoms with Crippen molar-refractivity contribution >= 4 is 5.97 Å². The Hall–Kier alpha value is -1.44. The zero-order valence-corrected chi connectivity index (χ0v) is 12.9. The second-order valence-corrected chi connectivity index (χ2v) is 7.13. The Balaban J connectivity index is 2.19. The summed E-state index contributed by atoms with van der Waals surface area (Å²) in [6.07, 6.45) is 0. The molecule has 0 saturated carbocycles. The van der Waals surface area contributed by atoms with E-state index in [1.807, 2.05) is 24.3 Å². The molecule has 0 aromatic heterocycles. The van der Waals surface area contributed by atoms with Crippen molar-refractivity contribution in [3.05, 3.63) is 37.4 Å². The molecule has 0 fully saturated rings. The number of ether oxygens (including phenoxy) is 3. The molecular weight excluding hydrogens is 363 g/mol. The highest BCUT2D eigenvalue weighted by Gasteiger charge is 2.44. The maximum Gasteiger partial charge on any atom is 0.396 e. The van der Waals surface area contributed by atoms with E-state index in [1.54, 1.807) is 21.0 Å². The highest BCUT2D eigenvalue weighted by atomic mass is 127. The second kappa shape index (κ2) is 5.28. The van der Waals surface area contributed by atoms with Gasteiger partial charge in [0.25, 0.3) is 5.79 Å². The van der Waals surface area contributed by atoms with Gasteiger partial charge in [0.1, 0.15) is 5.75 Å². The molecule has 0 saturated heterocycles. The summed E-state index contributed by atoms with van der Waals surface area (Å²) in [4.78, 5) is 11.8. The minimum atomic E-state index is -1.12. The summed E-state index contributed by atoms with van der Waals surface area (Å²) in [6, 6.07) is 7.34. The van der Waals surface area contributed by atoms with Crippen LogP contribution in [0.3, 0.4) is 0 Å². The van der Waals surface area contributed by atoms with Crippen LogP contribution in [0.5, 0.6) is 5.75 Å². The Morgan fingerprint density at radius 1 is 1.21 bits per heavy atom. The van der Waals surface area contributed by atoms with Gasteiger partial charge in [0, 0.05) is 13.8 Å². The lowest BCUT2D eigenvalue weighted by Crippen LogP contribution is -3.61. The van der Waals surface area contributed by atoms with E-state index >= 15 is 0 Å². The molecule has 1 aromatic carbocycles. The minimum absolute atomic E-state index is 0.225. The third-order valence-corrected chi connectivity index (χ3v) is 5.08. The molecule has 1 heterocycles. The van der Waals surface area contributed by atoms with Gasteiger partial charge in [0.15, 0.2) is 3.57 Å². The van der Waals surface area contributed by atoms with Crippen LogP contribution in [-0.2, 0) is 14.3 Å². The van der Waals surface area contributed by atoms with Crippen molar-refractivity contribution in [2.75, 3.05) is 7.11 Å². The van der Waals surface area contributed by atoms with Crippen molar-refractivity contribution in [2.24, 2.45) is 0 Å². The smallest absolute Gasteiger partial charge is 0.396 e. The summed E-state index contributed by atoms with van der Waals surface area (Å²) in [7, 11) is 1.59. The van der Waals surface area contributed by atoms with Crippen molar-refractivity contribution in [3.8, 4) is 5.75 Å². The van der Waals surface area contributed by atoms with Gasteiger partial charge < -0.3 is 19.3 Å². The van der Waals surface area contributed by atoms with E-state index in [-0.39, 0.29) is 9.53 Å². The molecule has 0 atom stereocenters. The summed E-state index contributed by atoms with van der Waals surface area (Å²) < 4.78 is 16.5. The lowest BCUT2D eigenvalue weighted by atomic mass is 10.3. The molecule has 1 N–H and O–H groups in total. The Morgan fingerprint density at radius 3 is 2.37 bits per heavy atom. The number of hydrogen-bond acceptors (Lipinski definition) is 5. The van der Waals surface area contributed by atoms with Crippen LogP contribution in [0, 0.1) is 3.57 Å². The van der Waals surface area contributed by atoms with Gasteiger partial charge in [-0.1, -0.05) is 0 Å². The number of carbonyl (C=O) groups is 1. The van der Waals surface area contributed by atoms with E-state index in [4.69, 9.17) is 14.2 Å². The standard InChI is InChI=1S/C13H13IO5/c1-13(2)18-11(15)10(12(16)19-13)14-8-4-6-9(17-3)7-5-8/h4-7H,1-3H3/p+1. The molecule has 6 heteroatoms. The molecule has 1 aliphatic heterocycles. The fourth-order valence-electron chi connectivity index (χ4n) is 1.48. The summed E-state index contributed by atoms with van der Waals surface area (Å²) >= 11 is -0.861. The number of cyclic esters (lactones) is 1. The van der Waals surface area contributed by atoms with Gasteiger partial charge in [0.2, 0.25) is 0 Å². The van der Waals surface area contributed by atoms with E-state index in [0.717, 1.165) is 9.32 Å². The first-order chi connectivity index (χ1) is 8.91. The van der Waals surface area contributed by atoms with Gasteiger partial charge in [-0.25, -0.2) is 4.79 Å². The lowest BCUT2D eigenvalue weighted by molar-refractivity contribution is -0.578. The SMILES string of the molecule is COc1ccc([I+]C2=C(O)OC(C)(C)OC2=O)cc1. The van der Waals surface area contributed by atoms with Crippen molar-refractivity contribution in [2.45, 2.75) is 19.6 Å². The normalized spacial score (nSPS) is 17.7. The summed E-state index contributed by atoms with van der Waals surface area (Å²) in [5.74, 6) is -1.22. The molecule has 19 heavy (non-hydrogen) atoms. The minimum Gasteiger partial charge on any atom is -0.497 e. The number of halogens is 1. The average Bonchev–Trinajstić information content (AvgIpc) is 2.33. The maximum absolute atomic E-state index is 11.8. The van der Waals surface area contributed by atoms with Crippen molar-refractivity contribution < 1.29 is 45.3 Å². The summed E-state index contributed by atoms with van der Waals surface area (Å²) in [5.41, 5.74) is 0. The number of esters is 1. The fraction of sp³-hybridized carbons (Fsp3) is 0.308. The van der Waals surface area contributed by atoms with Gasteiger partial charge in [0.05, 0.1) is 7.11 Å². The van der Waals surface area contributed by atoms with Crippen molar-refractivity contribution in [1.29, 1.82) is 0 Å². The van der Waals surface area contributed by atoms with Crippen LogP contribution in [0.25, 0.3) is 0 Å². The van der Waals surface area contributed by atoms with Gasteiger partial charge >= 0.3 is 36.7 Å². The molecule has 2 rings (SSSR count). The Morgan fingerprint density at radius 2 is 1.84 bits per heavy atom. The van der Waals surface area contributed by atoms with Gasteiger partial charge in [-0.3, -0.25) is 0 Å². The molecule has 102 valence electrons. The number of benzene rings is 1. The number of methoxy groups -OCH3 is 1. The molecule has 0 aliphatic carbocycles. The molecule has 0 bridgehead atoms. The monoisotopic (exact) mass is 377 g/mol. The first-order valence-corrected chi connectivity index (χ1v) is 7.71. The van der Waals surface area contributed by atoms with Crippen LogP contribution in [-0.4, -0.2) is 24.0 Å². The molecule has 0 unspecified atom stereocenters. The lowest BCUT2D eigenvalue weighted by Gasteiger charge is -2.27. The number of rotatable bonds is 3. The topological polar surface area (TPSA) is 65.0 Å². The molecule has 0 amide bonds. The first kappa shape index (κ1) is 14.0. The first-order valence-electron chi connectivity index (χ1n) is 5.56. The molecule has 5 nitrogen and oxygen atoms in total. The van der Waals surface area contributed by atoms with E-state index in [0.29, 0.717) is 0 Å². The molecule has 1 aromatic rings. The van der Waals surface area contributed by atoms with Crippen LogP contribution < -0.4 is 25.9 Å². The van der Waals surface area contributed by atoms with Crippen LogP contribution in [0.1, 0.15) is 13.8 Å². The summed E-state index contributed by atoms with van der Waals surface area (Å²) in [5, 5.41) is 9.80. The van der Waals surface area contributed by atoms with Crippen molar-refractivity contribution in [1.82, 2.24) is 0 Å². The molecule has 0 radical (unpaired) electrons. The highest BCUT2D eigenvalue weighted by molar-refractivity contribution is 5.86. The van der Waals surface area contributed by atoms with E-state index in [2.05, 4.69) is 0 Å². The number of hydrogen-bond donors (Lipinski definition) is 1. The zero-order chi connectivity index (χ0) is 14.0. The van der Waals surface area contributed by atoms with Gasteiger partial charge in [-0.15, -0.1) is 0 Å². The average molecular weight is 377 g/mol. The highest BCUT2D eigenvalue weighted by Crippen LogP contribution is 2.21. The van der Waals surface area contributed by atoms with Gasteiger partial charge in [-0.05, 0) is 24.3 Å². The third-order valence-electron chi connectivity index (χ3n) is 2.30. The Kier molecular flexibility index (Phi) is 3.88. The van der Waals surface area contributed by atoms with Crippen molar-refractivity contribution in [3.63, 3.8) is 0 Å². The fourth-order valence-corrected chi connectivity index (χ4v) is 3.49. The Bertz CT molecular complexity index is 518. The number of carbonyl (C=O) groups excluding carboxylic acids is 1. The Labute approximate surface area is 121 Å². The molecular formula is C13H14IO5+. The van der Waals surface area contributed by atoms with E-state index in [1.165, 1.54) is 0 Å². The van der Waals surface area contributed by atoms with Crippen LogP contribution in [0.15, 0.2) is 33.8 Å². The van der Waals surface area contributed by atoms with Crippen LogP contribution >= 0.6 is 0 Å². The van der Waals surface area contributed by atoms with E-state index in [9.17, 15) is 9.90 Å². The predicted molar refractivity (Wildman–Crippen MR) is 62.6 cm³/mol. The third kappa shape index (κ3) is 3.31. The predicted octanol–water partition coefficient (Wildman–Crippen LogP) is -1.01. The van der Waals surface area contributed by atoms with Crippen LogP contribution in [0.2, 0.25) is 0 Å². The number of aliphatic hydroxyl groups is 1. The maximum atomic E-state index is 11.8. The molecule has 1 aliphatic rings. The summed E-state index contributed by atoms with van der Waals surface area (Å²) in [6.45, 7) is 3.15. The zero-order valence-electron chi connectivity index (χ0n) is 10.8. The number of aliphatic hydroxyl groups excluding tert-OH is 1. The molecule has 0 spiro atoms. The second-order valence-electron chi connectivity index (χ2n) is 4.26. The van der Waals surface area contributed by atoms with Crippen LogP contribution in [0.4, 0.5) is 0 Å². The van der Waals surface area contributed by atoms with E-state index < -0.39 is 33.0 Å². The van der Waals surface area contributed by atoms with Gasteiger partial charge in [-0.2, -0.15) is 0 Å². The largest absolute Gasteiger partial charge is 0.497 e.